The molecule has 0 unspecified atom stereocenters. The van der Waals surface area contributed by atoms with Crippen molar-refractivity contribution in [2.45, 2.75) is 26.3 Å². The molecule has 0 amide bonds. The minimum Gasteiger partial charge on any atom is -0.478 e. The zero-order chi connectivity index (χ0) is 13.1. The van der Waals surface area contributed by atoms with E-state index in [4.69, 9.17) is 5.11 Å². The lowest BCUT2D eigenvalue weighted by molar-refractivity contribution is 0.0699. The second-order valence-electron chi connectivity index (χ2n) is 4.27. The highest BCUT2D eigenvalue weighted by atomic mass is 16.4. The summed E-state index contributed by atoms with van der Waals surface area (Å²) in [4.78, 5) is 11.3. The number of aliphatic hydroxyl groups excluding tert-OH is 1. The van der Waals surface area contributed by atoms with E-state index >= 15 is 0 Å². The number of benzene rings is 1. The predicted molar refractivity (Wildman–Crippen MR) is 70.0 cm³/mol. The third kappa shape index (κ3) is 2.11. The van der Waals surface area contributed by atoms with Gasteiger partial charge in [0.15, 0.2) is 0 Å². The first kappa shape index (κ1) is 12.6. The summed E-state index contributed by atoms with van der Waals surface area (Å²) in [5, 5.41) is 19.0. The van der Waals surface area contributed by atoms with E-state index < -0.39 is 5.97 Å². The van der Waals surface area contributed by atoms with E-state index in [0.29, 0.717) is 18.4 Å². The van der Waals surface area contributed by atoms with Gasteiger partial charge in [0.25, 0.3) is 0 Å². The molecule has 0 atom stereocenters. The second-order valence-corrected chi connectivity index (χ2v) is 4.27. The minimum absolute atomic E-state index is 0.119. The third-order valence-electron chi connectivity index (χ3n) is 3.16. The quantitative estimate of drug-likeness (QED) is 0.852. The lowest BCUT2D eigenvalue weighted by Crippen LogP contribution is -1.99. The number of fused-ring (bicyclic) bond motifs is 1. The molecule has 0 aliphatic carbocycles. The maximum Gasteiger partial charge on any atom is 0.336 e. The smallest absolute Gasteiger partial charge is 0.336 e. The third-order valence-corrected chi connectivity index (χ3v) is 3.16. The molecule has 2 aromatic rings. The number of aromatic carboxylic acids is 1. The number of hydrogen-bond acceptors (Lipinski definition) is 2. The van der Waals surface area contributed by atoms with Crippen LogP contribution in [0, 0.1) is 0 Å². The molecule has 1 aromatic carbocycles. The van der Waals surface area contributed by atoms with E-state index in [1.165, 1.54) is 0 Å². The number of carbonyl (C=O) groups is 1. The predicted octanol–water partition coefficient (Wildman–Crippen LogP) is 2.28. The largest absolute Gasteiger partial charge is 0.478 e. The topological polar surface area (TPSA) is 62.5 Å². The van der Waals surface area contributed by atoms with Crippen LogP contribution >= 0.6 is 0 Å². The van der Waals surface area contributed by atoms with Crippen molar-refractivity contribution in [3.63, 3.8) is 0 Å². The normalized spacial score (nSPS) is 11.0. The number of aliphatic hydroxyl groups is 1. The first-order chi connectivity index (χ1) is 8.69. The second kappa shape index (κ2) is 5.23. The summed E-state index contributed by atoms with van der Waals surface area (Å²) in [7, 11) is 0. The fourth-order valence-corrected chi connectivity index (χ4v) is 2.34. The van der Waals surface area contributed by atoms with E-state index in [2.05, 4.69) is 4.57 Å². The van der Waals surface area contributed by atoms with Crippen molar-refractivity contribution in [3.05, 3.63) is 35.5 Å². The van der Waals surface area contributed by atoms with Gasteiger partial charge in [-0.1, -0.05) is 6.07 Å². The van der Waals surface area contributed by atoms with Crippen LogP contribution in [0.5, 0.6) is 0 Å². The molecule has 0 bridgehead atoms. The van der Waals surface area contributed by atoms with Gasteiger partial charge in [0, 0.05) is 30.3 Å². The van der Waals surface area contributed by atoms with E-state index in [1.807, 2.05) is 19.2 Å². The Morgan fingerprint density at radius 2 is 2.17 bits per heavy atom. The van der Waals surface area contributed by atoms with Crippen LogP contribution in [0.25, 0.3) is 10.9 Å². The maximum atomic E-state index is 11.3. The molecule has 0 saturated heterocycles. The Bertz CT molecular complexity index is 572. The molecule has 4 heteroatoms. The molecule has 0 radical (unpaired) electrons. The highest BCUT2D eigenvalue weighted by molar-refractivity contribution is 6.04. The van der Waals surface area contributed by atoms with Crippen molar-refractivity contribution in [3.8, 4) is 0 Å². The summed E-state index contributed by atoms with van der Waals surface area (Å²) in [5.41, 5.74) is 2.29. The van der Waals surface area contributed by atoms with Crippen molar-refractivity contribution in [1.29, 1.82) is 0 Å². The fourth-order valence-electron chi connectivity index (χ4n) is 2.34. The number of aryl methyl sites for hydroxylation is 2. The van der Waals surface area contributed by atoms with Gasteiger partial charge in [0.2, 0.25) is 0 Å². The van der Waals surface area contributed by atoms with Crippen LogP contribution in [0.4, 0.5) is 0 Å². The number of carboxylic acid groups (broad SMARTS) is 1. The lowest BCUT2D eigenvalue weighted by atomic mass is 10.0. The standard InChI is InChI=1S/C14H17NO3/c1-2-15-9-10(5-4-8-16)13-11(14(17)18)6-3-7-12(13)15/h3,6-7,9,16H,2,4-5,8H2,1H3,(H,17,18). The Morgan fingerprint density at radius 3 is 2.78 bits per heavy atom. The van der Waals surface area contributed by atoms with Gasteiger partial charge in [0.1, 0.15) is 0 Å². The molecule has 96 valence electrons. The van der Waals surface area contributed by atoms with Gasteiger partial charge in [-0.15, -0.1) is 0 Å². The zero-order valence-electron chi connectivity index (χ0n) is 10.4. The van der Waals surface area contributed by atoms with Crippen molar-refractivity contribution in [1.82, 2.24) is 4.57 Å². The average molecular weight is 247 g/mol. The molecule has 0 fully saturated rings. The number of aromatic nitrogens is 1. The van der Waals surface area contributed by atoms with E-state index in [1.54, 1.807) is 12.1 Å². The van der Waals surface area contributed by atoms with Crippen LogP contribution in [-0.4, -0.2) is 27.4 Å². The Hall–Kier alpha value is -1.81. The number of hydrogen-bond donors (Lipinski definition) is 2. The molecule has 1 heterocycles. The van der Waals surface area contributed by atoms with Crippen molar-refractivity contribution >= 4 is 16.9 Å². The number of nitrogens with zero attached hydrogens (tertiary/aromatic N) is 1. The molecule has 2 rings (SSSR count). The van der Waals surface area contributed by atoms with Gasteiger partial charge in [-0.3, -0.25) is 0 Å². The summed E-state index contributed by atoms with van der Waals surface area (Å²) in [5.74, 6) is -0.903. The van der Waals surface area contributed by atoms with Gasteiger partial charge in [0.05, 0.1) is 5.56 Å². The highest BCUT2D eigenvalue weighted by Gasteiger charge is 2.15. The molecule has 0 spiro atoms. The number of rotatable bonds is 5. The van der Waals surface area contributed by atoms with Crippen molar-refractivity contribution in [2.24, 2.45) is 0 Å². The van der Waals surface area contributed by atoms with E-state index in [9.17, 15) is 9.90 Å². The molecular weight excluding hydrogens is 230 g/mol. The Balaban J connectivity index is 2.65. The van der Waals surface area contributed by atoms with Crippen molar-refractivity contribution in [2.75, 3.05) is 6.61 Å². The van der Waals surface area contributed by atoms with Crippen LogP contribution in [0.15, 0.2) is 24.4 Å². The Kier molecular flexibility index (Phi) is 3.67. The van der Waals surface area contributed by atoms with E-state index in [0.717, 1.165) is 23.0 Å². The minimum atomic E-state index is -0.903. The molecule has 1 aromatic heterocycles. The van der Waals surface area contributed by atoms with Gasteiger partial charge in [-0.25, -0.2) is 4.79 Å². The molecule has 0 aliphatic heterocycles. The molecular formula is C14H17NO3. The van der Waals surface area contributed by atoms with Crippen molar-refractivity contribution < 1.29 is 15.0 Å². The lowest BCUT2D eigenvalue weighted by Gasteiger charge is -2.02. The van der Waals surface area contributed by atoms with Crippen LogP contribution < -0.4 is 0 Å². The van der Waals surface area contributed by atoms with Gasteiger partial charge >= 0.3 is 5.97 Å². The van der Waals surface area contributed by atoms with Crippen LogP contribution in [-0.2, 0) is 13.0 Å². The van der Waals surface area contributed by atoms with Crippen LogP contribution in [0.2, 0.25) is 0 Å². The van der Waals surface area contributed by atoms with E-state index in [-0.39, 0.29) is 6.61 Å². The van der Waals surface area contributed by atoms with Gasteiger partial charge < -0.3 is 14.8 Å². The summed E-state index contributed by atoms with van der Waals surface area (Å²) < 4.78 is 2.05. The first-order valence-electron chi connectivity index (χ1n) is 6.14. The zero-order valence-corrected chi connectivity index (χ0v) is 10.4. The molecule has 0 saturated carbocycles. The summed E-state index contributed by atoms with van der Waals surface area (Å²) >= 11 is 0. The molecule has 0 aliphatic rings. The van der Waals surface area contributed by atoms with Crippen LogP contribution in [0.1, 0.15) is 29.3 Å². The van der Waals surface area contributed by atoms with Crippen LogP contribution in [0.3, 0.4) is 0 Å². The summed E-state index contributed by atoms with van der Waals surface area (Å²) in [6.07, 6.45) is 3.34. The summed E-state index contributed by atoms with van der Waals surface area (Å²) in [6, 6.07) is 5.34. The first-order valence-corrected chi connectivity index (χ1v) is 6.14. The number of carboxylic acids is 1. The van der Waals surface area contributed by atoms with Gasteiger partial charge in [-0.05, 0) is 37.5 Å². The Morgan fingerprint density at radius 1 is 1.39 bits per heavy atom. The SMILES string of the molecule is CCn1cc(CCCO)c2c(C(=O)O)cccc21. The maximum absolute atomic E-state index is 11.3. The molecule has 4 nitrogen and oxygen atoms in total. The highest BCUT2D eigenvalue weighted by Crippen LogP contribution is 2.26. The monoisotopic (exact) mass is 247 g/mol. The Labute approximate surface area is 105 Å². The molecule has 18 heavy (non-hydrogen) atoms. The summed E-state index contributed by atoms with van der Waals surface area (Å²) in [6.45, 7) is 2.95. The average Bonchev–Trinajstić information content (AvgIpc) is 2.74. The fraction of sp³-hybridized carbons (Fsp3) is 0.357. The molecule has 2 N–H and O–H groups in total. The van der Waals surface area contributed by atoms with Gasteiger partial charge in [-0.2, -0.15) is 0 Å².